The number of nitrogens with zero attached hydrogens (tertiary/aromatic N) is 1. The van der Waals surface area contributed by atoms with Gasteiger partial charge in [-0.25, -0.2) is 13.1 Å². The van der Waals surface area contributed by atoms with Gasteiger partial charge in [0.25, 0.3) is 0 Å². The Labute approximate surface area is 92.1 Å². The van der Waals surface area contributed by atoms with Crippen molar-refractivity contribution in [3.63, 3.8) is 0 Å². The molecule has 0 aromatic carbocycles. The first-order valence-corrected chi connectivity index (χ1v) is 7.08. The molecule has 1 saturated carbocycles. The summed E-state index contributed by atoms with van der Waals surface area (Å²) in [6, 6.07) is 0.679. The third kappa shape index (κ3) is 5.46. The summed E-state index contributed by atoms with van der Waals surface area (Å²) in [7, 11) is -1.07. The minimum atomic E-state index is -3.10. The zero-order chi connectivity index (χ0) is 11.3. The maximum atomic E-state index is 11.4. The van der Waals surface area contributed by atoms with Gasteiger partial charge in [-0.2, -0.15) is 0 Å². The largest absolute Gasteiger partial charge is 0.330 e. The molecule has 6 heteroatoms. The number of sulfonamides is 1. The molecule has 1 aliphatic carbocycles. The standard InChI is InChI=1S/C9H21N3O2S/c1-12(9-3-4-9)7-6-11-15(13,14)8-2-5-10/h9,11H,2-8,10H2,1H3. The average molecular weight is 235 g/mol. The molecule has 1 rings (SSSR count). The number of hydrogen-bond acceptors (Lipinski definition) is 4. The molecule has 0 amide bonds. The highest BCUT2D eigenvalue weighted by Crippen LogP contribution is 2.24. The van der Waals surface area contributed by atoms with Crippen molar-refractivity contribution in [3.8, 4) is 0 Å². The molecule has 0 bridgehead atoms. The number of nitrogens with two attached hydrogens (primary N) is 1. The van der Waals surface area contributed by atoms with Gasteiger partial charge in [0.2, 0.25) is 10.0 Å². The summed E-state index contributed by atoms with van der Waals surface area (Å²) in [4.78, 5) is 2.20. The lowest BCUT2D eigenvalue weighted by Crippen LogP contribution is -2.35. The van der Waals surface area contributed by atoms with E-state index in [1.165, 1.54) is 12.8 Å². The summed E-state index contributed by atoms with van der Waals surface area (Å²) in [5.41, 5.74) is 5.26. The summed E-state index contributed by atoms with van der Waals surface area (Å²) in [6.45, 7) is 1.70. The normalized spacial score (nSPS) is 17.3. The van der Waals surface area contributed by atoms with E-state index >= 15 is 0 Å². The molecule has 0 aromatic rings. The molecule has 0 unspecified atom stereocenters. The van der Waals surface area contributed by atoms with Crippen LogP contribution in [0.2, 0.25) is 0 Å². The van der Waals surface area contributed by atoms with Crippen LogP contribution in [0, 0.1) is 0 Å². The van der Waals surface area contributed by atoms with Crippen LogP contribution in [0.5, 0.6) is 0 Å². The minimum absolute atomic E-state index is 0.136. The molecule has 1 fully saturated rings. The van der Waals surface area contributed by atoms with Gasteiger partial charge in [-0.3, -0.25) is 0 Å². The summed E-state index contributed by atoms with van der Waals surface area (Å²) in [6.07, 6.45) is 3.01. The van der Waals surface area contributed by atoms with Crippen molar-refractivity contribution >= 4 is 10.0 Å². The first kappa shape index (κ1) is 12.9. The average Bonchev–Trinajstić information content (AvgIpc) is 2.97. The van der Waals surface area contributed by atoms with Gasteiger partial charge in [0.05, 0.1) is 5.75 Å². The molecule has 0 atom stereocenters. The molecule has 1 aliphatic rings. The van der Waals surface area contributed by atoms with Crippen molar-refractivity contribution in [2.45, 2.75) is 25.3 Å². The Morgan fingerprint density at radius 2 is 2.13 bits per heavy atom. The second-order valence-electron chi connectivity index (χ2n) is 4.07. The van der Waals surface area contributed by atoms with Crippen molar-refractivity contribution in [3.05, 3.63) is 0 Å². The zero-order valence-corrected chi connectivity index (χ0v) is 10.1. The van der Waals surface area contributed by atoms with E-state index in [0.29, 0.717) is 25.6 Å². The summed E-state index contributed by atoms with van der Waals surface area (Å²) < 4.78 is 25.3. The summed E-state index contributed by atoms with van der Waals surface area (Å²) in [5.74, 6) is 0.136. The molecule has 0 aromatic heterocycles. The van der Waals surface area contributed by atoms with Gasteiger partial charge in [-0.15, -0.1) is 0 Å². The van der Waals surface area contributed by atoms with Crippen LogP contribution in [-0.4, -0.2) is 51.8 Å². The Morgan fingerprint density at radius 1 is 1.47 bits per heavy atom. The SMILES string of the molecule is CN(CCNS(=O)(=O)CCCN)C1CC1. The lowest BCUT2D eigenvalue weighted by molar-refractivity contribution is 0.329. The Kier molecular flexibility index (Phi) is 4.98. The summed E-state index contributed by atoms with van der Waals surface area (Å²) in [5, 5.41) is 0. The van der Waals surface area contributed by atoms with E-state index < -0.39 is 10.0 Å². The second kappa shape index (κ2) is 5.79. The molecule has 0 saturated heterocycles. The smallest absolute Gasteiger partial charge is 0.211 e. The van der Waals surface area contributed by atoms with Gasteiger partial charge in [0, 0.05) is 19.1 Å². The second-order valence-corrected chi connectivity index (χ2v) is 5.99. The van der Waals surface area contributed by atoms with Crippen molar-refractivity contribution in [2.24, 2.45) is 5.73 Å². The van der Waals surface area contributed by atoms with E-state index in [2.05, 4.69) is 9.62 Å². The van der Waals surface area contributed by atoms with Gasteiger partial charge in [-0.05, 0) is 32.9 Å². The predicted molar refractivity (Wildman–Crippen MR) is 61.1 cm³/mol. The molecular weight excluding hydrogens is 214 g/mol. The molecule has 15 heavy (non-hydrogen) atoms. The van der Waals surface area contributed by atoms with Crippen LogP contribution in [0.15, 0.2) is 0 Å². The van der Waals surface area contributed by atoms with E-state index in [4.69, 9.17) is 5.73 Å². The number of rotatable bonds is 8. The highest BCUT2D eigenvalue weighted by Gasteiger charge is 2.25. The number of nitrogens with one attached hydrogen (secondary N) is 1. The molecule has 0 aliphatic heterocycles. The number of hydrogen-bond donors (Lipinski definition) is 2. The Bertz CT molecular complexity index is 275. The Balaban J connectivity index is 2.12. The van der Waals surface area contributed by atoms with Crippen molar-refractivity contribution in [1.82, 2.24) is 9.62 Å². The van der Waals surface area contributed by atoms with Gasteiger partial charge in [0.1, 0.15) is 0 Å². The maximum absolute atomic E-state index is 11.4. The summed E-state index contributed by atoms with van der Waals surface area (Å²) >= 11 is 0. The molecule has 0 radical (unpaired) electrons. The Morgan fingerprint density at radius 3 is 2.67 bits per heavy atom. The third-order valence-electron chi connectivity index (χ3n) is 2.57. The molecule has 0 spiro atoms. The van der Waals surface area contributed by atoms with Crippen LogP contribution in [0.4, 0.5) is 0 Å². The lowest BCUT2D eigenvalue weighted by atomic mass is 10.5. The van der Waals surface area contributed by atoms with Crippen LogP contribution in [0.1, 0.15) is 19.3 Å². The monoisotopic (exact) mass is 235 g/mol. The molecular formula is C9H21N3O2S. The van der Waals surface area contributed by atoms with Gasteiger partial charge in [-0.1, -0.05) is 0 Å². The quantitative estimate of drug-likeness (QED) is 0.586. The van der Waals surface area contributed by atoms with Crippen molar-refractivity contribution < 1.29 is 8.42 Å². The fraction of sp³-hybridized carbons (Fsp3) is 1.00. The highest BCUT2D eigenvalue weighted by molar-refractivity contribution is 7.89. The van der Waals surface area contributed by atoms with Crippen LogP contribution in [0.25, 0.3) is 0 Å². The first-order chi connectivity index (χ1) is 7.05. The van der Waals surface area contributed by atoms with Crippen LogP contribution < -0.4 is 10.5 Å². The van der Waals surface area contributed by atoms with E-state index in [9.17, 15) is 8.42 Å². The Hall–Kier alpha value is -0.170. The van der Waals surface area contributed by atoms with E-state index in [1.807, 2.05) is 7.05 Å². The fourth-order valence-electron chi connectivity index (χ4n) is 1.42. The zero-order valence-electron chi connectivity index (χ0n) is 9.28. The number of likely N-dealkylation sites (N-methyl/N-ethyl adjacent to an activating group) is 1. The molecule has 90 valence electrons. The van der Waals surface area contributed by atoms with Crippen molar-refractivity contribution in [2.75, 3.05) is 32.4 Å². The van der Waals surface area contributed by atoms with Gasteiger partial charge < -0.3 is 10.6 Å². The third-order valence-corrected chi connectivity index (χ3v) is 4.04. The highest BCUT2D eigenvalue weighted by atomic mass is 32.2. The molecule has 0 heterocycles. The van der Waals surface area contributed by atoms with Crippen LogP contribution >= 0.6 is 0 Å². The van der Waals surface area contributed by atoms with E-state index in [0.717, 1.165) is 6.54 Å². The van der Waals surface area contributed by atoms with Gasteiger partial charge in [0.15, 0.2) is 0 Å². The maximum Gasteiger partial charge on any atom is 0.211 e. The lowest BCUT2D eigenvalue weighted by Gasteiger charge is -2.15. The van der Waals surface area contributed by atoms with E-state index in [1.54, 1.807) is 0 Å². The predicted octanol–water partition coefficient (Wildman–Crippen LogP) is -0.651. The van der Waals surface area contributed by atoms with Crippen molar-refractivity contribution in [1.29, 1.82) is 0 Å². The van der Waals surface area contributed by atoms with Gasteiger partial charge >= 0.3 is 0 Å². The molecule has 3 N–H and O–H groups in total. The minimum Gasteiger partial charge on any atom is -0.330 e. The topological polar surface area (TPSA) is 75.4 Å². The fourth-order valence-corrected chi connectivity index (χ4v) is 2.51. The molecule has 5 nitrogen and oxygen atoms in total. The first-order valence-electron chi connectivity index (χ1n) is 5.43. The van der Waals surface area contributed by atoms with Crippen LogP contribution in [-0.2, 0) is 10.0 Å². The van der Waals surface area contributed by atoms with Crippen LogP contribution in [0.3, 0.4) is 0 Å². The van der Waals surface area contributed by atoms with E-state index in [-0.39, 0.29) is 5.75 Å².